The summed E-state index contributed by atoms with van der Waals surface area (Å²) in [6, 6.07) is 11.3. The van der Waals surface area contributed by atoms with Crippen LogP contribution in [0.4, 0.5) is 18.9 Å². The van der Waals surface area contributed by atoms with Gasteiger partial charge in [-0.25, -0.2) is 8.42 Å². The molecule has 0 aliphatic carbocycles. The Morgan fingerprint density at radius 2 is 1.76 bits per heavy atom. The van der Waals surface area contributed by atoms with E-state index in [2.05, 4.69) is 21.3 Å². The lowest BCUT2D eigenvalue weighted by molar-refractivity contribution is -0.274. The number of hydrogen-bond acceptors (Lipinski definition) is 4. The van der Waals surface area contributed by atoms with Gasteiger partial charge in [-0.15, -0.1) is 13.2 Å². The van der Waals surface area contributed by atoms with Crippen molar-refractivity contribution < 1.29 is 26.3 Å². The zero-order valence-corrected chi connectivity index (χ0v) is 16.8. The molecule has 0 saturated carbocycles. The molecule has 0 radical (unpaired) electrons. The third-order valence-electron chi connectivity index (χ3n) is 4.81. The molecule has 1 unspecified atom stereocenters. The maximum absolute atomic E-state index is 12.5. The minimum Gasteiger partial charge on any atom is -0.406 e. The van der Waals surface area contributed by atoms with Crippen LogP contribution in [0.1, 0.15) is 31.2 Å². The Morgan fingerprint density at radius 1 is 1.10 bits per heavy atom. The molecule has 1 atom stereocenters. The Hall–Kier alpha value is -2.26. The lowest BCUT2D eigenvalue weighted by Gasteiger charge is -2.15. The molecule has 1 N–H and O–H groups in total. The normalized spacial score (nSPS) is 18.0. The van der Waals surface area contributed by atoms with Gasteiger partial charge in [-0.2, -0.15) is 0 Å². The fourth-order valence-corrected chi connectivity index (χ4v) is 4.54. The molecule has 0 aromatic heterocycles. The van der Waals surface area contributed by atoms with Crippen molar-refractivity contribution in [2.45, 2.75) is 36.9 Å². The van der Waals surface area contributed by atoms with Gasteiger partial charge in [0.1, 0.15) is 5.75 Å². The van der Waals surface area contributed by atoms with Crippen LogP contribution in [-0.2, 0) is 10.0 Å². The zero-order chi connectivity index (χ0) is 21.1. The fraction of sp³-hybridized carbons (Fsp3) is 0.400. The average Bonchev–Trinajstić information content (AvgIpc) is 3.10. The Kier molecular flexibility index (Phi) is 6.38. The van der Waals surface area contributed by atoms with E-state index in [1.807, 2.05) is 12.1 Å². The van der Waals surface area contributed by atoms with Gasteiger partial charge in [0.15, 0.2) is 0 Å². The molecule has 0 amide bonds. The van der Waals surface area contributed by atoms with Crippen LogP contribution < -0.4 is 9.46 Å². The van der Waals surface area contributed by atoms with Crippen molar-refractivity contribution in [3.05, 3.63) is 54.1 Å². The second kappa shape index (κ2) is 8.62. The summed E-state index contributed by atoms with van der Waals surface area (Å²) in [5.41, 5.74) is 1.56. The van der Waals surface area contributed by atoms with Crippen LogP contribution in [-0.4, -0.2) is 39.3 Å². The molecule has 158 valence electrons. The summed E-state index contributed by atoms with van der Waals surface area (Å²) < 4.78 is 67.8. The molecule has 1 fully saturated rings. The molecule has 5 nitrogen and oxygen atoms in total. The van der Waals surface area contributed by atoms with Gasteiger partial charge in [0.25, 0.3) is 10.0 Å². The van der Waals surface area contributed by atoms with Crippen LogP contribution in [0.15, 0.2) is 53.4 Å². The van der Waals surface area contributed by atoms with Gasteiger partial charge in [0, 0.05) is 12.2 Å². The number of nitrogens with one attached hydrogen (secondary N) is 1. The van der Waals surface area contributed by atoms with Gasteiger partial charge in [-0.1, -0.05) is 19.1 Å². The molecule has 29 heavy (non-hydrogen) atoms. The molecule has 2 aromatic rings. The molecule has 1 aliphatic rings. The van der Waals surface area contributed by atoms with E-state index in [4.69, 9.17) is 0 Å². The first kappa shape index (κ1) is 21.4. The first-order valence-electron chi connectivity index (χ1n) is 9.37. The Labute approximate surface area is 168 Å². The van der Waals surface area contributed by atoms with Crippen LogP contribution in [0.5, 0.6) is 5.75 Å². The largest absolute Gasteiger partial charge is 0.573 e. The summed E-state index contributed by atoms with van der Waals surface area (Å²) in [4.78, 5) is 2.27. The van der Waals surface area contributed by atoms with Gasteiger partial charge in [0.05, 0.1) is 4.90 Å². The first-order chi connectivity index (χ1) is 13.7. The van der Waals surface area contributed by atoms with Crippen LogP contribution >= 0.6 is 0 Å². The summed E-state index contributed by atoms with van der Waals surface area (Å²) in [5, 5.41) is 0. The van der Waals surface area contributed by atoms with Gasteiger partial charge in [0.2, 0.25) is 0 Å². The van der Waals surface area contributed by atoms with Gasteiger partial charge in [-0.3, -0.25) is 4.72 Å². The molecular formula is C20H23F3N2O3S. The number of rotatable bonds is 7. The third-order valence-corrected chi connectivity index (χ3v) is 6.21. The topological polar surface area (TPSA) is 58.6 Å². The van der Waals surface area contributed by atoms with Crippen LogP contribution in [0.2, 0.25) is 0 Å². The predicted molar refractivity (Wildman–Crippen MR) is 104 cm³/mol. The van der Waals surface area contributed by atoms with E-state index in [1.165, 1.54) is 5.56 Å². The molecular weight excluding hydrogens is 405 g/mol. The standard InChI is InChI=1S/C20H23F3N2O3S/c1-2-12-25-13-11-16(14-25)15-3-5-17(6-4-15)24-29(26,27)19-9-7-18(8-10-19)28-20(21,22)23/h3-10,16,24H,2,11-14H2,1H3. The number of nitrogens with zero attached hydrogens (tertiary/aromatic N) is 1. The van der Waals surface area contributed by atoms with Crippen molar-refractivity contribution in [2.75, 3.05) is 24.4 Å². The molecule has 1 aliphatic heterocycles. The SMILES string of the molecule is CCCN1CCC(c2ccc(NS(=O)(=O)c3ccc(OC(F)(F)F)cc3)cc2)C1. The second-order valence-electron chi connectivity index (χ2n) is 7.03. The number of hydrogen-bond donors (Lipinski definition) is 1. The molecule has 9 heteroatoms. The van der Waals surface area contributed by atoms with Crippen molar-refractivity contribution in [3.63, 3.8) is 0 Å². The highest BCUT2D eigenvalue weighted by molar-refractivity contribution is 7.92. The Balaban J connectivity index is 1.64. The summed E-state index contributed by atoms with van der Waals surface area (Å²) in [6.07, 6.45) is -2.62. The predicted octanol–water partition coefficient (Wildman–Crippen LogP) is 4.59. The number of sulfonamides is 1. The van der Waals surface area contributed by atoms with Crippen molar-refractivity contribution in [2.24, 2.45) is 0 Å². The van der Waals surface area contributed by atoms with E-state index in [-0.39, 0.29) is 4.90 Å². The maximum atomic E-state index is 12.5. The van der Waals surface area contributed by atoms with Gasteiger partial charge in [-0.05, 0) is 73.8 Å². The maximum Gasteiger partial charge on any atom is 0.573 e. The van der Waals surface area contributed by atoms with E-state index >= 15 is 0 Å². The molecule has 3 rings (SSSR count). The number of ether oxygens (including phenoxy) is 1. The molecule has 1 heterocycles. The summed E-state index contributed by atoms with van der Waals surface area (Å²) in [6.45, 7) is 5.32. The summed E-state index contributed by atoms with van der Waals surface area (Å²) >= 11 is 0. The van der Waals surface area contributed by atoms with Crippen LogP contribution in [0.25, 0.3) is 0 Å². The number of halogens is 3. The quantitative estimate of drug-likeness (QED) is 0.701. The number of anilines is 1. The monoisotopic (exact) mass is 428 g/mol. The Morgan fingerprint density at radius 3 is 2.34 bits per heavy atom. The highest BCUT2D eigenvalue weighted by atomic mass is 32.2. The average molecular weight is 428 g/mol. The molecule has 0 spiro atoms. The minimum absolute atomic E-state index is 0.151. The van der Waals surface area contributed by atoms with Gasteiger partial charge >= 0.3 is 6.36 Å². The van der Waals surface area contributed by atoms with E-state index in [1.54, 1.807) is 12.1 Å². The minimum atomic E-state index is -4.83. The summed E-state index contributed by atoms with van der Waals surface area (Å²) in [7, 11) is -3.92. The molecule has 1 saturated heterocycles. The lowest BCUT2D eigenvalue weighted by atomic mass is 9.98. The fourth-order valence-electron chi connectivity index (χ4n) is 3.48. The smallest absolute Gasteiger partial charge is 0.406 e. The van der Waals surface area contributed by atoms with E-state index in [0.29, 0.717) is 11.6 Å². The number of benzene rings is 2. The first-order valence-corrected chi connectivity index (χ1v) is 10.9. The van der Waals surface area contributed by atoms with Crippen LogP contribution in [0.3, 0.4) is 0 Å². The van der Waals surface area contributed by atoms with Crippen molar-refractivity contribution in [1.82, 2.24) is 4.90 Å². The zero-order valence-electron chi connectivity index (χ0n) is 15.9. The second-order valence-corrected chi connectivity index (χ2v) is 8.72. The van der Waals surface area contributed by atoms with Crippen LogP contribution in [0, 0.1) is 0 Å². The van der Waals surface area contributed by atoms with E-state index < -0.39 is 22.1 Å². The number of alkyl halides is 3. The van der Waals surface area contributed by atoms with E-state index in [0.717, 1.165) is 56.7 Å². The van der Waals surface area contributed by atoms with E-state index in [9.17, 15) is 21.6 Å². The van der Waals surface area contributed by atoms with Crippen molar-refractivity contribution in [3.8, 4) is 5.75 Å². The molecule has 0 bridgehead atoms. The highest BCUT2D eigenvalue weighted by Gasteiger charge is 2.31. The van der Waals surface area contributed by atoms with Gasteiger partial charge < -0.3 is 9.64 Å². The summed E-state index contributed by atoms with van der Waals surface area (Å²) in [5.74, 6) is -0.0390. The number of likely N-dealkylation sites (tertiary alicyclic amines) is 1. The third kappa shape index (κ3) is 5.86. The van der Waals surface area contributed by atoms with Crippen molar-refractivity contribution >= 4 is 15.7 Å². The highest BCUT2D eigenvalue weighted by Crippen LogP contribution is 2.29. The Bertz CT molecular complexity index is 913. The molecule has 2 aromatic carbocycles. The lowest BCUT2D eigenvalue weighted by Crippen LogP contribution is -2.20. The van der Waals surface area contributed by atoms with Crippen molar-refractivity contribution in [1.29, 1.82) is 0 Å².